The van der Waals surface area contributed by atoms with Crippen LogP contribution in [0.5, 0.6) is 0 Å². The fourth-order valence-electron chi connectivity index (χ4n) is 10.7. The van der Waals surface area contributed by atoms with Crippen molar-refractivity contribution in [1.82, 2.24) is 9.13 Å². The summed E-state index contributed by atoms with van der Waals surface area (Å²) in [6, 6.07) is 44.6. The van der Waals surface area contributed by atoms with Crippen LogP contribution in [0.25, 0.3) is 44.8 Å². The number of benzene rings is 6. The van der Waals surface area contributed by atoms with Gasteiger partial charge in [0, 0.05) is 71.8 Å². The van der Waals surface area contributed by atoms with Crippen molar-refractivity contribution >= 4 is 72.9 Å². The third-order valence-electron chi connectivity index (χ3n) is 14.6. The molecule has 0 aliphatic rings. The van der Waals surface area contributed by atoms with E-state index >= 15 is 0 Å². The van der Waals surface area contributed by atoms with Gasteiger partial charge in [-0.05, 0) is 144 Å². The molecule has 0 saturated carbocycles. The molecule has 0 bridgehead atoms. The largest absolute Gasteiger partial charge is 2.00 e. The van der Waals surface area contributed by atoms with Crippen LogP contribution in [0.2, 0.25) is 0 Å². The van der Waals surface area contributed by atoms with Gasteiger partial charge in [0.15, 0.2) is 0 Å². The van der Waals surface area contributed by atoms with Gasteiger partial charge in [-0.15, -0.1) is 0 Å². The van der Waals surface area contributed by atoms with E-state index in [0.29, 0.717) is 78.7 Å². The predicted octanol–water partition coefficient (Wildman–Crippen LogP) is 8.56. The Morgan fingerprint density at radius 1 is 0.460 bits per heavy atom. The van der Waals surface area contributed by atoms with E-state index in [1.807, 2.05) is 97.5 Å². The fraction of sp³-hybridized carbons (Fsp3) is 0.294. The Morgan fingerprint density at radius 2 is 0.782 bits per heavy atom. The number of anilines is 2. The van der Waals surface area contributed by atoms with Crippen molar-refractivity contribution in [2.24, 2.45) is 0 Å². The number of hydrogen-bond acceptors (Lipinski definition) is 12. The molecule has 8 N–H and O–H groups in total. The number of aliphatic carboxylic acids is 2. The Labute approximate surface area is 534 Å². The smallest absolute Gasteiger partial charge is 0.550 e. The first-order valence-electron chi connectivity index (χ1n) is 28.5. The summed E-state index contributed by atoms with van der Waals surface area (Å²) in [4.78, 5) is 50.1. The van der Waals surface area contributed by atoms with Crippen LogP contribution < -0.4 is 20.8 Å². The molecule has 2 heterocycles. The number of halogens is 2. The Morgan fingerprint density at radius 3 is 1.07 bits per heavy atom. The number of hydrogen-bond donors (Lipinski definition) is 8. The third-order valence-corrected chi connectivity index (χ3v) is 14.6. The number of carbonyl (C=O) groups is 4. The van der Waals surface area contributed by atoms with E-state index in [0.717, 1.165) is 11.1 Å². The summed E-state index contributed by atoms with van der Waals surface area (Å²) in [5.41, 5.74) is 10.3. The summed E-state index contributed by atoms with van der Waals surface area (Å²) in [6.45, 7) is 8.07. The molecule has 0 spiro atoms. The second-order valence-electron chi connectivity index (χ2n) is 21.8. The molecule has 452 valence electrons. The van der Waals surface area contributed by atoms with Crippen molar-refractivity contribution in [3.63, 3.8) is 0 Å². The van der Waals surface area contributed by atoms with Crippen LogP contribution in [0.4, 0.5) is 20.2 Å². The molecule has 2 amide bonds. The maximum atomic E-state index is 14.1. The van der Waals surface area contributed by atoms with Crippen LogP contribution in [0.3, 0.4) is 0 Å². The molecule has 4 atom stereocenters. The van der Waals surface area contributed by atoms with Gasteiger partial charge in [-0.2, -0.15) is 0 Å². The Kier molecular flexibility index (Phi) is 25.7. The molecular formula is C68H72CaF2N4O12. The van der Waals surface area contributed by atoms with Crippen molar-refractivity contribution in [2.75, 3.05) is 10.6 Å². The number of carboxylic acids is 2. The van der Waals surface area contributed by atoms with Gasteiger partial charge in [0.05, 0.1) is 60.1 Å². The minimum Gasteiger partial charge on any atom is -0.550 e. The number of nitrogens with zero attached hydrogens (tertiary/aromatic N) is 2. The van der Waals surface area contributed by atoms with Crippen molar-refractivity contribution in [1.29, 1.82) is 0 Å². The van der Waals surface area contributed by atoms with Crippen molar-refractivity contribution < 1.29 is 68.8 Å². The third kappa shape index (κ3) is 18.4. The van der Waals surface area contributed by atoms with E-state index in [1.54, 1.807) is 72.8 Å². The van der Waals surface area contributed by atoms with E-state index in [2.05, 4.69) is 10.6 Å². The van der Waals surface area contributed by atoms with Gasteiger partial charge in [0.25, 0.3) is 11.8 Å². The quantitative estimate of drug-likeness (QED) is 0.0237. The second kappa shape index (κ2) is 32.6. The molecule has 87 heavy (non-hydrogen) atoms. The average molecular weight is 1220 g/mol. The van der Waals surface area contributed by atoms with Gasteiger partial charge < -0.3 is 70.2 Å². The van der Waals surface area contributed by atoms with Crippen molar-refractivity contribution in [3.8, 4) is 44.8 Å². The van der Waals surface area contributed by atoms with Crippen molar-refractivity contribution in [2.45, 2.75) is 129 Å². The maximum absolute atomic E-state index is 14.1. The number of amides is 2. The SMILES string of the molecule is CC(C)c1c(C(=O)Nc2ccc(CO)cc2)c(-c2ccccc2)c(-c2ccc(F)cc2)n1CC[C@@H](O)C[C@@H](O)CC(=O)[O-].CC(C)c1c(C(=O)Nc2ccc(CO)cc2)c(-c2ccccc2)c(-c2ccc(F)cc2)n1CC[C@@H](O)C[C@@H](O)CC(=O)[O-].[Ca+2]. The van der Waals surface area contributed by atoms with Crippen molar-refractivity contribution in [3.05, 3.63) is 203 Å². The van der Waals surface area contributed by atoms with E-state index in [1.165, 1.54) is 24.3 Å². The zero-order valence-corrected chi connectivity index (χ0v) is 51.2. The zero-order chi connectivity index (χ0) is 62.2. The van der Waals surface area contributed by atoms with Gasteiger partial charge >= 0.3 is 37.7 Å². The van der Waals surface area contributed by atoms with Gasteiger partial charge in [0.2, 0.25) is 0 Å². The first-order chi connectivity index (χ1) is 41.2. The van der Waals surface area contributed by atoms with E-state index in [-0.39, 0.29) is 113 Å². The number of aliphatic hydroxyl groups excluding tert-OH is 6. The van der Waals surface area contributed by atoms with Crippen LogP contribution in [0.15, 0.2) is 158 Å². The molecule has 0 saturated heterocycles. The average Bonchev–Trinajstić information content (AvgIpc) is 1.62. The molecular weight excluding hydrogens is 1140 g/mol. The maximum Gasteiger partial charge on any atom is 2.00 e. The van der Waals surface area contributed by atoms with Crippen LogP contribution in [-0.4, -0.2) is 126 Å². The zero-order valence-electron chi connectivity index (χ0n) is 49.0. The molecule has 0 unspecified atom stereocenters. The summed E-state index contributed by atoms with van der Waals surface area (Å²) < 4.78 is 32.0. The first kappa shape index (κ1) is 68.7. The number of carbonyl (C=O) groups excluding carboxylic acids is 4. The summed E-state index contributed by atoms with van der Waals surface area (Å²) >= 11 is 0. The minimum atomic E-state index is -1.40. The molecule has 6 aromatic carbocycles. The second-order valence-corrected chi connectivity index (χ2v) is 21.8. The Hall–Kier alpha value is -7.36. The Bertz CT molecular complexity index is 3310. The standard InChI is InChI=1S/2C34H37FN2O6.Ca/c2*1-21(2)32-31(34(43)36-26-14-8-22(20-38)9-15-26)30(23-6-4-3-5-7-23)33(24-10-12-25(35)13-11-24)37(32)17-16-27(39)18-28(40)19-29(41)42;/h2*3-15,21,27-28,38-40H,16-20H2,1-2H3,(H,36,43)(H,41,42);/q;;+2/p-2/t2*27-,28-;/m11./s1. The summed E-state index contributed by atoms with van der Waals surface area (Å²) in [6.07, 6.45) is -5.73. The van der Waals surface area contributed by atoms with Crippen LogP contribution in [-0.2, 0) is 35.9 Å². The van der Waals surface area contributed by atoms with E-state index in [9.17, 15) is 68.8 Å². The van der Waals surface area contributed by atoms with E-state index in [4.69, 9.17) is 0 Å². The fourth-order valence-corrected chi connectivity index (χ4v) is 10.7. The van der Waals surface area contributed by atoms with Gasteiger partial charge in [0.1, 0.15) is 11.6 Å². The number of nitrogens with one attached hydrogen (secondary N) is 2. The molecule has 8 rings (SSSR count). The molecule has 16 nitrogen and oxygen atoms in total. The Balaban J connectivity index is 0.000000275. The minimum absolute atomic E-state index is 0. The summed E-state index contributed by atoms with van der Waals surface area (Å²) in [5, 5.41) is 88.1. The summed E-state index contributed by atoms with van der Waals surface area (Å²) in [5.74, 6) is -4.65. The molecule has 0 radical (unpaired) electrons. The monoisotopic (exact) mass is 1210 g/mol. The van der Waals surface area contributed by atoms with Gasteiger partial charge in [-0.25, -0.2) is 8.78 Å². The van der Waals surface area contributed by atoms with Crippen LogP contribution in [0, 0.1) is 11.6 Å². The molecule has 0 fully saturated rings. The number of aromatic nitrogens is 2. The number of rotatable bonds is 26. The number of aliphatic hydroxyl groups is 6. The van der Waals surface area contributed by atoms with Crippen LogP contribution in [0.1, 0.15) is 121 Å². The molecule has 19 heteroatoms. The summed E-state index contributed by atoms with van der Waals surface area (Å²) in [7, 11) is 0. The first-order valence-corrected chi connectivity index (χ1v) is 28.5. The van der Waals surface area contributed by atoms with Crippen LogP contribution >= 0.6 is 0 Å². The van der Waals surface area contributed by atoms with Gasteiger partial charge in [-0.1, -0.05) is 113 Å². The topological polar surface area (TPSA) is 270 Å². The molecule has 2 aromatic heterocycles. The van der Waals surface area contributed by atoms with Gasteiger partial charge in [-0.3, -0.25) is 9.59 Å². The van der Waals surface area contributed by atoms with E-state index < -0.39 is 60.8 Å². The predicted molar refractivity (Wildman–Crippen MR) is 327 cm³/mol. The molecule has 8 aromatic rings. The molecule has 0 aliphatic carbocycles. The number of carboxylic acid groups (broad SMARTS) is 2. The normalized spacial score (nSPS) is 12.6. The molecule has 0 aliphatic heterocycles.